The Labute approximate surface area is 227 Å². The molecule has 0 saturated carbocycles. The number of hydrogen-bond acceptors (Lipinski definition) is 7. The lowest BCUT2D eigenvalue weighted by molar-refractivity contribution is -0.137. The lowest BCUT2D eigenvalue weighted by Gasteiger charge is -2.41. The standard InChI is InChI=1S/C30H42N6O2/c1-7-34(8-2)30(37)27(23-12-10-9-11-13-23)36-18-16-35(17-19-36)26-15-14-24(20-25(26)21-33(5)6)29-31-28(22(3)4)32-38-29/h9-15,20,22,27H,7-8,16-19,21H2,1-6H3. The number of benzene rings is 2. The molecule has 0 bridgehead atoms. The van der Waals surface area contributed by atoms with Gasteiger partial charge < -0.3 is 19.2 Å². The van der Waals surface area contributed by atoms with Crippen LogP contribution >= 0.6 is 0 Å². The van der Waals surface area contributed by atoms with Gasteiger partial charge in [-0.3, -0.25) is 9.69 Å². The van der Waals surface area contributed by atoms with Crippen LogP contribution in [0.2, 0.25) is 0 Å². The summed E-state index contributed by atoms with van der Waals surface area (Å²) < 4.78 is 5.57. The van der Waals surface area contributed by atoms with Crippen molar-refractivity contribution in [2.45, 2.75) is 46.2 Å². The number of piperazine rings is 1. The van der Waals surface area contributed by atoms with Gasteiger partial charge in [-0.2, -0.15) is 4.98 Å². The summed E-state index contributed by atoms with van der Waals surface area (Å²) in [6.07, 6.45) is 0. The zero-order valence-corrected chi connectivity index (χ0v) is 23.7. The normalized spacial score (nSPS) is 15.3. The van der Waals surface area contributed by atoms with Gasteiger partial charge in [0, 0.05) is 63.0 Å². The van der Waals surface area contributed by atoms with Crippen LogP contribution in [0.5, 0.6) is 0 Å². The zero-order valence-electron chi connectivity index (χ0n) is 23.7. The first kappa shape index (κ1) is 27.8. The second-order valence-electron chi connectivity index (χ2n) is 10.5. The number of amides is 1. The van der Waals surface area contributed by atoms with Crippen molar-refractivity contribution in [2.24, 2.45) is 0 Å². The number of nitrogens with zero attached hydrogens (tertiary/aromatic N) is 6. The van der Waals surface area contributed by atoms with Crippen molar-refractivity contribution in [3.63, 3.8) is 0 Å². The van der Waals surface area contributed by atoms with Crippen molar-refractivity contribution >= 4 is 11.6 Å². The van der Waals surface area contributed by atoms with Gasteiger partial charge in [-0.1, -0.05) is 49.3 Å². The van der Waals surface area contributed by atoms with E-state index in [-0.39, 0.29) is 17.9 Å². The molecule has 1 amide bonds. The van der Waals surface area contributed by atoms with Crippen molar-refractivity contribution < 1.29 is 9.32 Å². The summed E-state index contributed by atoms with van der Waals surface area (Å²) in [6.45, 7) is 13.8. The Kier molecular flexibility index (Phi) is 9.17. The first-order valence-corrected chi connectivity index (χ1v) is 13.8. The number of carbonyl (C=O) groups is 1. The van der Waals surface area contributed by atoms with Crippen LogP contribution in [0.15, 0.2) is 53.1 Å². The van der Waals surface area contributed by atoms with Gasteiger partial charge >= 0.3 is 0 Å². The summed E-state index contributed by atoms with van der Waals surface area (Å²) in [5.74, 6) is 1.69. The van der Waals surface area contributed by atoms with Gasteiger partial charge in [0.05, 0.1) is 0 Å². The molecule has 8 heteroatoms. The minimum atomic E-state index is -0.255. The minimum Gasteiger partial charge on any atom is -0.369 e. The van der Waals surface area contributed by atoms with Crippen LogP contribution in [-0.4, -0.2) is 84.1 Å². The first-order valence-electron chi connectivity index (χ1n) is 13.8. The van der Waals surface area contributed by atoms with Crippen molar-refractivity contribution in [3.05, 3.63) is 65.5 Å². The molecule has 1 aromatic heterocycles. The van der Waals surface area contributed by atoms with E-state index in [0.29, 0.717) is 5.89 Å². The van der Waals surface area contributed by atoms with E-state index in [2.05, 4.69) is 97.0 Å². The SMILES string of the molecule is CCN(CC)C(=O)C(c1ccccc1)N1CCN(c2ccc(-c3nc(C(C)C)no3)cc2CN(C)C)CC1. The molecule has 4 rings (SSSR count). The topological polar surface area (TPSA) is 69.0 Å². The van der Waals surface area contributed by atoms with E-state index in [0.717, 1.165) is 62.8 Å². The Balaban J connectivity index is 1.56. The first-order chi connectivity index (χ1) is 18.3. The average Bonchev–Trinajstić information content (AvgIpc) is 3.41. The third-order valence-electron chi connectivity index (χ3n) is 7.22. The molecule has 2 heterocycles. The molecule has 1 fully saturated rings. The summed E-state index contributed by atoms with van der Waals surface area (Å²) >= 11 is 0. The lowest BCUT2D eigenvalue weighted by atomic mass is 10.0. The highest BCUT2D eigenvalue weighted by Gasteiger charge is 2.33. The van der Waals surface area contributed by atoms with E-state index < -0.39 is 0 Å². The molecule has 1 saturated heterocycles. The predicted octanol–water partition coefficient (Wildman–Crippen LogP) is 4.65. The Morgan fingerprint density at radius 2 is 1.68 bits per heavy atom. The summed E-state index contributed by atoms with van der Waals surface area (Å²) in [7, 11) is 4.17. The summed E-state index contributed by atoms with van der Waals surface area (Å²) in [6, 6.07) is 16.4. The average molecular weight is 519 g/mol. The Bertz CT molecular complexity index is 1180. The fourth-order valence-corrected chi connectivity index (χ4v) is 5.16. The minimum absolute atomic E-state index is 0.188. The number of rotatable bonds is 10. The Morgan fingerprint density at radius 3 is 2.26 bits per heavy atom. The predicted molar refractivity (Wildman–Crippen MR) is 152 cm³/mol. The highest BCUT2D eigenvalue weighted by molar-refractivity contribution is 5.83. The van der Waals surface area contributed by atoms with Gasteiger partial charge in [0.1, 0.15) is 6.04 Å². The number of aromatic nitrogens is 2. The highest BCUT2D eigenvalue weighted by atomic mass is 16.5. The third kappa shape index (κ3) is 6.25. The maximum absolute atomic E-state index is 13.6. The van der Waals surface area contributed by atoms with Crippen LogP contribution in [-0.2, 0) is 11.3 Å². The Morgan fingerprint density at radius 1 is 1.00 bits per heavy atom. The van der Waals surface area contributed by atoms with Crippen LogP contribution in [0.4, 0.5) is 5.69 Å². The summed E-state index contributed by atoms with van der Waals surface area (Å²) in [5.41, 5.74) is 4.45. The molecular formula is C30H42N6O2. The van der Waals surface area contributed by atoms with E-state index >= 15 is 0 Å². The highest BCUT2D eigenvalue weighted by Crippen LogP contribution is 2.31. The number of likely N-dealkylation sites (N-methyl/N-ethyl adjacent to an activating group) is 1. The molecule has 38 heavy (non-hydrogen) atoms. The van der Waals surface area contributed by atoms with Gasteiger partial charge in [-0.15, -0.1) is 0 Å². The van der Waals surface area contributed by atoms with Crippen molar-refractivity contribution in [1.29, 1.82) is 0 Å². The number of anilines is 1. The quantitative estimate of drug-likeness (QED) is 0.387. The van der Waals surface area contributed by atoms with Gasteiger partial charge in [0.25, 0.3) is 5.89 Å². The van der Waals surface area contributed by atoms with Crippen LogP contribution in [0, 0.1) is 0 Å². The van der Waals surface area contributed by atoms with Crippen molar-refractivity contribution in [2.75, 3.05) is 58.3 Å². The van der Waals surface area contributed by atoms with Gasteiger partial charge in [-0.05, 0) is 57.3 Å². The number of carbonyl (C=O) groups excluding carboxylic acids is 1. The molecule has 1 unspecified atom stereocenters. The van der Waals surface area contributed by atoms with Crippen LogP contribution in [0.3, 0.4) is 0 Å². The fourth-order valence-electron chi connectivity index (χ4n) is 5.16. The molecule has 3 aromatic rings. The van der Waals surface area contributed by atoms with Crippen molar-refractivity contribution in [1.82, 2.24) is 24.8 Å². The molecule has 0 radical (unpaired) electrons. The molecule has 0 aliphatic carbocycles. The van der Waals surface area contributed by atoms with Crippen LogP contribution in [0.25, 0.3) is 11.5 Å². The van der Waals surface area contributed by atoms with E-state index in [1.807, 2.05) is 23.1 Å². The van der Waals surface area contributed by atoms with Gasteiger partial charge in [0.2, 0.25) is 5.91 Å². The fraction of sp³-hybridized carbons (Fsp3) is 0.500. The van der Waals surface area contributed by atoms with E-state index in [4.69, 9.17) is 4.52 Å². The maximum atomic E-state index is 13.6. The molecule has 1 atom stereocenters. The molecule has 0 N–H and O–H groups in total. The largest absolute Gasteiger partial charge is 0.369 e. The van der Waals surface area contributed by atoms with Crippen LogP contribution in [0.1, 0.15) is 56.6 Å². The molecule has 1 aliphatic heterocycles. The van der Waals surface area contributed by atoms with Gasteiger partial charge in [0.15, 0.2) is 5.82 Å². The molecule has 204 valence electrons. The second kappa shape index (κ2) is 12.5. The molecule has 1 aliphatic rings. The smallest absolute Gasteiger partial charge is 0.257 e. The molecule has 0 spiro atoms. The van der Waals surface area contributed by atoms with E-state index in [1.54, 1.807) is 0 Å². The van der Waals surface area contributed by atoms with E-state index in [1.165, 1.54) is 11.3 Å². The monoisotopic (exact) mass is 518 g/mol. The summed E-state index contributed by atoms with van der Waals surface area (Å²) in [5, 5.41) is 4.14. The summed E-state index contributed by atoms with van der Waals surface area (Å²) in [4.78, 5) is 27.1. The van der Waals surface area contributed by atoms with Crippen LogP contribution < -0.4 is 4.90 Å². The maximum Gasteiger partial charge on any atom is 0.257 e. The Hall–Kier alpha value is -3.23. The lowest BCUT2D eigenvalue weighted by Crippen LogP contribution is -2.52. The van der Waals surface area contributed by atoms with Gasteiger partial charge in [-0.25, -0.2) is 0 Å². The molecular weight excluding hydrogens is 476 g/mol. The zero-order chi connectivity index (χ0) is 27.2. The molecule has 8 nitrogen and oxygen atoms in total. The number of hydrogen-bond donors (Lipinski definition) is 0. The van der Waals surface area contributed by atoms with Crippen molar-refractivity contribution in [3.8, 4) is 11.5 Å². The van der Waals surface area contributed by atoms with E-state index in [9.17, 15) is 4.79 Å². The molecule has 2 aromatic carbocycles. The third-order valence-corrected chi connectivity index (χ3v) is 7.22. The second-order valence-corrected chi connectivity index (χ2v) is 10.5.